The average molecular weight is 1140 g/mol. The smallest absolute Gasteiger partial charge is 0.330 e. The number of anilines is 2. The number of carbonyl (C=O) groups excluding carboxylic acids is 3. The Balaban J connectivity index is 0.829. The van der Waals surface area contributed by atoms with Crippen LogP contribution in [0, 0.1) is 17.8 Å². The molecule has 0 radical (unpaired) electrons. The maximum atomic E-state index is 13.8. The Kier molecular flexibility index (Phi) is 24.2. The fourth-order valence-corrected chi connectivity index (χ4v) is 11.0. The quantitative estimate of drug-likeness (QED) is 0.00780. The first-order chi connectivity index (χ1) is 40.2. The SMILES string of the molecule is C=CC(=O)OCCCCCCOc1ccc(OC2CCC(C(=O)Oc3ccc(OOCC4CCC([C@H](OO)c5ccc(OCCCCCCOC(=O)C=C)cc5)CC4)c(/C=N/N(c4ccccc4)c4nc5ccccc5s4)c3)CC2)cc1. The van der Waals surface area contributed by atoms with Gasteiger partial charge < -0.3 is 33.3 Å². The fourth-order valence-electron chi connectivity index (χ4n) is 10.0. The van der Waals surface area contributed by atoms with Gasteiger partial charge in [0.15, 0.2) is 5.75 Å². The number of hydrogen-bond acceptors (Lipinski definition) is 17. The Bertz CT molecular complexity index is 2920. The first-order valence-electron chi connectivity index (χ1n) is 28.7. The van der Waals surface area contributed by atoms with Crippen molar-refractivity contribution in [2.75, 3.05) is 38.0 Å². The zero-order valence-corrected chi connectivity index (χ0v) is 47.3. The highest BCUT2D eigenvalue weighted by atomic mass is 32.1. The van der Waals surface area contributed by atoms with E-state index in [2.05, 4.69) is 13.2 Å². The predicted molar refractivity (Wildman–Crippen MR) is 316 cm³/mol. The molecule has 1 atom stereocenters. The largest absolute Gasteiger partial charge is 0.494 e. The van der Waals surface area contributed by atoms with Crippen molar-refractivity contribution in [3.8, 4) is 28.7 Å². The van der Waals surface area contributed by atoms with Gasteiger partial charge in [-0.2, -0.15) is 9.99 Å². The number of fused-ring (bicyclic) bond motifs is 1. The van der Waals surface area contributed by atoms with Gasteiger partial charge >= 0.3 is 17.9 Å². The summed E-state index contributed by atoms with van der Waals surface area (Å²) >= 11 is 1.53. The minimum Gasteiger partial charge on any atom is -0.494 e. The standard InChI is InChI=1S/C65H75N3O13S/c1-3-61(69)75-42-16-7-5-14-40-73-53-30-26-49(27-31-53)63(80-72)48-24-22-47(23-25-48)46-77-81-59-39-38-57(44-51(59)45-66-68(52-18-10-9-11-19-52)65-67-58-20-12-13-21-60(58)82-65)79-64(71)50-28-32-55(33-29-50)78-56-36-34-54(35-37-56)74-41-15-6-8-17-43-76-62(70)4-2/h3-4,9-13,18-21,26-27,30-31,34-39,44-45,47-48,50,55,63,72H,1-2,5-8,14-17,22-25,28-29,32-33,40-43,46H2/b66-45+/t47?,48?,50?,55?,63-/m0/s1. The Hall–Kier alpha value is -7.57. The van der Waals surface area contributed by atoms with Crippen LogP contribution in [0.15, 0.2) is 152 Å². The zero-order chi connectivity index (χ0) is 57.1. The van der Waals surface area contributed by atoms with E-state index in [0.29, 0.717) is 80.9 Å². The van der Waals surface area contributed by atoms with Crippen LogP contribution in [0.25, 0.3) is 10.2 Å². The van der Waals surface area contributed by atoms with Crippen molar-refractivity contribution < 1.29 is 62.7 Å². The number of ether oxygens (including phenoxy) is 6. The molecule has 2 aliphatic rings. The molecule has 17 heteroatoms. The normalized spacial score (nSPS) is 17.3. The van der Waals surface area contributed by atoms with Crippen molar-refractivity contribution in [2.24, 2.45) is 22.9 Å². The Morgan fingerprint density at radius 1 is 0.659 bits per heavy atom. The molecule has 0 amide bonds. The highest BCUT2D eigenvalue weighted by Gasteiger charge is 2.31. The molecular weight excluding hydrogens is 1060 g/mol. The van der Waals surface area contributed by atoms with E-state index in [4.69, 9.17) is 53.2 Å². The van der Waals surface area contributed by atoms with Gasteiger partial charge in [-0.05, 0) is 199 Å². The van der Waals surface area contributed by atoms with Gasteiger partial charge in [0.05, 0.1) is 67.2 Å². The van der Waals surface area contributed by atoms with Gasteiger partial charge in [0, 0.05) is 17.7 Å². The monoisotopic (exact) mass is 1140 g/mol. The number of benzene rings is 5. The summed E-state index contributed by atoms with van der Waals surface area (Å²) in [5, 5.41) is 17.5. The molecule has 0 unspecified atom stereocenters. The lowest BCUT2D eigenvalue weighted by Gasteiger charge is -2.32. The molecule has 8 rings (SSSR count). The van der Waals surface area contributed by atoms with Gasteiger partial charge in [0.2, 0.25) is 5.13 Å². The summed E-state index contributed by atoms with van der Waals surface area (Å²) < 4.78 is 35.4. The van der Waals surface area contributed by atoms with Gasteiger partial charge in [0.1, 0.15) is 29.1 Å². The lowest BCUT2D eigenvalue weighted by atomic mass is 9.78. The van der Waals surface area contributed by atoms with E-state index in [0.717, 1.165) is 116 Å². The van der Waals surface area contributed by atoms with E-state index in [9.17, 15) is 19.6 Å². The van der Waals surface area contributed by atoms with Crippen molar-refractivity contribution >= 4 is 56.5 Å². The summed E-state index contributed by atoms with van der Waals surface area (Å²) in [7, 11) is 0. The molecule has 82 heavy (non-hydrogen) atoms. The number of rotatable bonds is 33. The Morgan fingerprint density at radius 3 is 1.87 bits per heavy atom. The van der Waals surface area contributed by atoms with Crippen LogP contribution in [0.1, 0.15) is 120 Å². The number of unbranched alkanes of at least 4 members (excludes halogenated alkanes) is 6. The third kappa shape index (κ3) is 19.0. The minimum atomic E-state index is -0.474. The van der Waals surface area contributed by atoms with Crippen LogP contribution in [0.5, 0.6) is 28.7 Å². The second-order valence-electron chi connectivity index (χ2n) is 20.6. The second-order valence-corrected chi connectivity index (χ2v) is 21.6. The fraction of sp³-hybridized carbons (Fsp3) is 0.400. The number of para-hydroxylation sites is 2. The lowest BCUT2D eigenvalue weighted by molar-refractivity contribution is -0.296. The molecule has 1 N–H and O–H groups in total. The zero-order valence-electron chi connectivity index (χ0n) is 46.5. The summed E-state index contributed by atoms with van der Waals surface area (Å²) in [6, 6.07) is 38.3. The number of aromatic nitrogens is 1. The number of thiazole rings is 1. The van der Waals surface area contributed by atoms with E-state index >= 15 is 0 Å². The number of esters is 3. The van der Waals surface area contributed by atoms with Crippen LogP contribution in [0.3, 0.4) is 0 Å². The van der Waals surface area contributed by atoms with Crippen molar-refractivity contribution in [3.63, 3.8) is 0 Å². The number of hydrazone groups is 1. The third-order valence-electron chi connectivity index (χ3n) is 14.6. The average Bonchev–Trinajstić information content (AvgIpc) is 4.19. The summed E-state index contributed by atoms with van der Waals surface area (Å²) in [4.78, 5) is 58.2. The summed E-state index contributed by atoms with van der Waals surface area (Å²) in [6.07, 6.45) is 16.8. The lowest BCUT2D eigenvalue weighted by Crippen LogP contribution is -2.30. The van der Waals surface area contributed by atoms with E-state index in [1.807, 2.05) is 103 Å². The van der Waals surface area contributed by atoms with Crippen molar-refractivity contribution in [2.45, 2.75) is 115 Å². The Morgan fingerprint density at radius 2 is 1.24 bits per heavy atom. The molecule has 434 valence electrons. The molecule has 6 aromatic rings. The van der Waals surface area contributed by atoms with Gasteiger partial charge in [-0.1, -0.05) is 67.0 Å². The van der Waals surface area contributed by atoms with Gasteiger partial charge in [-0.25, -0.2) is 24.5 Å². The number of hydrogen-bond donors (Lipinski definition) is 1. The summed E-state index contributed by atoms with van der Waals surface area (Å²) in [5.74, 6) is 1.97. The number of nitrogens with zero attached hydrogens (tertiary/aromatic N) is 3. The summed E-state index contributed by atoms with van der Waals surface area (Å²) in [5.41, 5.74) is 3.09. The maximum absolute atomic E-state index is 13.8. The van der Waals surface area contributed by atoms with E-state index in [1.54, 1.807) is 29.4 Å². The molecule has 0 bridgehead atoms. The van der Waals surface area contributed by atoms with E-state index in [1.165, 1.54) is 23.5 Å². The molecule has 16 nitrogen and oxygen atoms in total. The number of carbonyl (C=O) groups is 3. The molecule has 1 aromatic heterocycles. The van der Waals surface area contributed by atoms with Crippen LogP contribution >= 0.6 is 11.3 Å². The van der Waals surface area contributed by atoms with Crippen molar-refractivity contribution in [3.05, 3.63) is 158 Å². The highest BCUT2D eigenvalue weighted by molar-refractivity contribution is 7.22. The van der Waals surface area contributed by atoms with Crippen LogP contribution < -0.4 is 28.8 Å². The molecule has 0 spiro atoms. The van der Waals surface area contributed by atoms with Crippen LogP contribution in [-0.4, -0.2) is 73.5 Å². The molecule has 1 heterocycles. The van der Waals surface area contributed by atoms with Crippen molar-refractivity contribution in [1.29, 1.82) is 0 Å². The molecule has 0 saturated heterocycles. The minimum absolute atomic E-state index is 0.0296. The van der Waals surface area contributed by atoms with Crippen LogP contribution in [0.4, 0.5) is 10.8 Å². The van der Waals surface area contributed by atoms with Gasteiger partial charge in [-0.15, -0.1) is 0 Å². The van der Waals surface area contributed by atoms with E-state index in [-0.39, 0.29) is 29.8 Å². The highest BCUT2D eigenvalue weighted by Crippen LogP contribution is 2.40. The molecule has 2 saturated carbocycles. The third-order valence-corrected chi connectivity index (χ3v) is 15.7. The van der Waals surface area contributed by atoms with Crippen LogP contribution in [-0.2, 0) is 33.6 Å². The summed E-state index contributed by atoms with van der Waals surface area (Å²) in [6.45, 7) is 9.13. The first kappa shape index (κ1) is 60.5. The molecule has 5 aromatic carbocycles. The first-order valence-corrected chi connectivity index (χ1v) is 29.5. The second kappa shape index (κ2) is 32.8. The van der Waals surface area contributed by atoms with Gasteiger partial charge in [-0.3, -0.25) is 10.1 Å². The molecule has 2 fully saturated rings. The van der Waals surface area contributed by atoms with Crippen molar-refractivity contribution in [1.82, 2.24) is 4.98 Å². The predicted octanol–water partition coefficient (Wildman–Crippen LogP) is 14.7. The maximum Gasteiger partial charge on any atom is 0.330 e. The molecule has 0 aliphatic heterocycles. The Labute approximate surface area is 484 Å². The van der Waals surface area contributed by atoms with E-state index < -0.39 is 18.0 Å². The molecular formula is C65H75N3O13S. The topological polar surface area (TPSA) is 183 Å². The van der Waals surface area contributed by atoms with Gasteiger partial charge in [0.25, 0.3) is 0 Å². The van der Waals surface area contributed by atoms with Crippen LogP contribution in [0.2, 0.25) is 0 Å². The molecule has 2 aliphatic carbocycles.